The van der Waals surface area contributed by atoms with E-state index < -0.39 is 41.9 Å². The Morgan fingerprint density at radius 1 is 1.11 bits per heavy atom. The predicted molar refractivity (Wildman–Crippen MR) is 132 cm³/mol. The first-order valence-electron chi connectivity index (χ1n) is 12.1. The molecule has 202 valence electrons. The number of ether oxygens (including phenoxy) is 2. The summed E-state index contributed by atoms with van der Waals surface area (Å²) in [4.78, 5) is 17.0. The van der Waals surface area contributed by atoms with Gasteiger partial charge < -0.3 is 20.3 Å². The Hall–Kier alpha value is -3.50. The fraction of sp³-hybridized carbons (Fsp3) is 0.357. The number of aromatic nitrogens is 1. The molecule has 10 heteroatoms. The number of nitrogens with zero attached hydrogens (tertiary/aromatic N) is 1. The fourth-order valence-electron chi connectivity index (χ4n) is 4.03. The normalized spacial score (nSPS) is 15.2. The summed E-state index contributed by atoms with van der Waals surface area (Å²) >= 11 is 0. The van der Waals surface area contributed by atoms with Crippen LogP contribution in [0.3, 0.4) is 0 Å². The van der Waals surface area contributed by atoms with Crippen molar-refractivity contribution < 1.29 is 36.9 Å². The summed E-state index contributed by atoms with van der Waals surface area (Å²) in [5, 5.41) is 11.0. The van der Waals surface area contributed by atoms with Gasteiger partial charge in [-0.25, -0.2) is 9.37 Å². The van der Waals surface area contributed by atoms with Gasteiger partial charge in [-0.15, -0.1) is 0 Å². The van der Waals surface area contributed by atoms with E-state index in [1.165, 1.54) is 50.4 Å². The van der Waals surface area contributed by atoms with Gasteiger partial charge in [0.15, 0.2) is 17.3 Å². The van der Waals surface area contributed by atoms with Gasteiger partial charge in [0, 0.05) is 24.1 Å². The molecule has 1 heterocycles. The standard InChI is InChI=1S/C28H28F4N2O4/c1-16-11-18(3-7-21(16)29)22-12-17(15-33)13-26(34-22)27(36,28(30,31)32)10-9-23(35)19-4-8-24(25(14-19)37-2)38-20-5-6-20/h3-4,7-8,11-14,20,36H,5-6,9-10,15,33H2,1-2H3. The van der Waals surface area contributed by atoms with Crippen molar-refractivity contribution in [1.29, 1.82) is 0 Å². The molecule has 0 bridgehead atoms. The van der Waals surface area contributed by atoms with Gasteiger partial charge in [-0.05, 0) is 85.8 Å². The van der Waals surface area contributed by atoms with Gasteiger partial charge in [0.2, 0.25) is 5.60 Å². The fourth-order valence-corrected chi connectivity index (χ4v) is 4.03. The molecule has 1 aliphatic carbocycles. The van der Waals surface area contributed by atoms with Gasteiger partial charge in [-0.2, -0.15) is 13.2 Å². The van der Waals surface area contributed by atoms with E-state index in [0.29, 0.717) is 17.1 Å². The molecule has 6 nitrogen and oxygen atoms in total. The Morgan fingerprint density at radius 3 is 2.45 bits per heavy atom. The number of hydrogen-bond donors (Lipinski definition) is 2. The zero-order valence-electron chi connectivity index (χ0n) is 20.9. The van der Waals surface area contributed by atoms with Crippen LogP contribution in [-0.2, 0) is 12.1 Å². The van der Waals surface area contributed by atoms with Crippen LogP contribution in [0.15, 0.2) is 48.5 Å². The smallest absolute Gasteiger partial charge is 0.422 e. The van der Waals surface area contributed by atoms with E-state index in [4.69, 9.17) is 15.2 Å². The lowest BCUT2D eigenvalue weighted by molar-refractivity contribution is -0.270. The number of carbonyl (C=O) groups is 1. The number of rotatable bonds is 10. The van der Waals surface area contributed by atoms with Gasteiger partial charge in [0.1, 0.15) is 5.82 Å². The van der Waals surface area contributed by atoms with Crippen molar-refractivity contribution in [2.75, 3.05) is 7.11 Å². The molecule has 0 aliphatic heterocycles. The summed E-state index contributed by atoms with van der Waals surface area (Å²) in [7, 11) is 1.40. The summed E-state index contributed by atoms with van der Waals surface area (Å²) < 4.78 is 67.7. The Kier molecular flexibility index (Phi) is 7.75. The van der Waals surface area contributed by atoms with Crippen LogP contribution in [-0.4, -0.2) is 35.3 Å². The van der Waals surface area contributed by atoms with Crippen molar-refractivity contribution >= 4 is 5.78 Å². The third-order valence-corrected chi connectivity index (χ3v) is 6.48. The number of ketones is 1. The van der Waals surface area contributed by atoms with E-state index in [1.807, 2.05) is 0 Å². The molecule has 3 aromatic rings. The van der Waals surface area contributed by atoms with E-state index >= 15 is 0 Å². The van der Waals surface area contributed by atoms with Crippen LogP contribution < -0.4 is 15.2 Å². The highest BCUT2D eigenvalue weighted by Gasteiger charge is 2.56. The molecule has 1 aliphatic rings. The van der Waals surface area contributed by atoms with Gasteiger partial charge in [-0.3, -0.25) is 4.79 Å². The Labute approximate surface area is 217 Å². The van der Waals surface area contributed by atoms with Gasteiger partial charge in [-0.1, -0.05) is 0 Å². The Bertz CT molecular complexity index is 1340. The van der Waals surface area contributed by atoms with E-state index in [-0.39, 0.29) is 35.0 Å². The topological polar surface area (TPSA) is 94.7 Å². The van der Waals surface area contributed by atoms with E-state index in [0.717, 1.165) is 18.9 Å². The molecule has 1 unspecified atom stereocenters. The van der Waals surface area contributed by atoms with Crippen molar-refractivity contribution in [3.05, 3.63) is 76.7 Å². The first kappa shape index (κ1) is 27.5. The molecule has 1 atom stereocenters. The first-order chi connectivity index (χ1) is 17.9. The molecule has 2 aromatic carbocycles. The van der Waals surface area contributed by atoms with Crippen LogP contribution in [0.5, 0.6) is 11.5 Å². The summed E-state index contributed by atoms with van der Waals surface area (Å²) in [6.45, 7) is 1.40. The van der Waals surface area contributed by atoms with E-state index in [9.17, 15) is 27.5 Å². The molecule has 0 radical (unpaired) electrons. The number of carbonyl (C=O) groups excluding carboxylic acids is 1. The minimum Gasteiger partial charge on any atom is -0.493 e. The largest absolute Gasteiger partial charge is 0.493 e. The summed E-state index contributed by atoms with van der Waals surface area (Å²) in [6, 6.07) is 11.0. The average Bonchev–Trinajstić information content (AvgIpc) is 3.72. The maximum absolute atomic E-state index is 14.3. The van der Waals surface area contributed by atoms with Crippen molar-refractivity contribution in [3.8, 4) is 22.8 Å². The number of aliphatic hydroxyl groups is 1. The van der Waals surface area contributed by atoms with Gasteiger partial charge >= 0.3 is 6.18 Å². The number of aryl methyl sites for hydroxylation is 1. The highest BCUT2D eigenvalue weighted by Crippen LogP contribution is 2.43. The summed E-state index contributed by atoms with van der Waals surface area (Å²) in [6.07, 6.45) is -4.82. The summed E-state index contributed by atoms with van der Waals surface area (Å²) in [5.41, 5.74) is 2.74. The maximum atomic E-state index is 14.3. The van der Waals surface area contributed by atoms with Crippen LogP contribution in [0.2, 0.25) is 0 Å². The highest BCUT2D eigenvalue weighted by atomic mass is 19.4. The lowest BCUT2D eigenvalue weighted by atomic mass is 9.89. The number of nitrogens with two attached hydrogens (primary N) is 1. The molecule has 0 amide bonds. The molecule has 0 spiro atoms. The van der Waals surface area contributed by atoms with Crippen molar-refractivity contribution in [2.45, 2.75) is 57.0 Å². The highest BCUT2D eigenvalue weighted by molar-refractivity contribution is 5.96. The predicted octanol–water partition coefficient (Wildman–Crippen LogP) is 5.62. The Balaban J connectivity index is 1.63. The number of pyridine rings is 1. The number of methoxy groups -OCH3 is 1. The quantitative estimate of drug-likeness (QED) is 0.260. The third-order valence-electron chi connectivity index (χ3n) is 6.48. The molecule has 3 N–H and O–H groups in total. The van der Waals surface area contributed by atoms with Crippen LogP contribution >= 0.6 is 0 Å². The maximum Gasteiger partial charge on any atom is 0.422 e. The molecular weight excluding hydrogens is 504 g/mol. The zero-order valence-corrected chi connectivity index (χ0v) is 20.9. The molecule has 38 heavy (non-hydrogen) atoms. The molecule has 1 aromatic heterocycles. The van der Waals surface area contributed by atoms with Crippen LogP contribution in [0.1, 0.15) is 52.9 Å². The number of alkyl halides is 3. The number of Topliss-reactive ketones (excluding diaryl/α,β-unsaturated/α-hetero) is 1. The number of hydrogen-bond acceptors (Lipinski definition) is 6. The van der Waals surface area contributed by atoms with Gasteiger partial charge in [0.05, 0.1) is 24.6 Å². The van der Waals surface area contributed by atoms with E-state index in [2.05, 4.69) is 4.98 Å². The monoisotopic (exact) mass is 532 g/mol. The minimum absolute atomic E-state index is 0.0905. The lowest BCUT2D eigenvalue weighted by Crippen LogP contribution is -2.43. The van der Waals surface area contributed by atoms with Crippen molar-refractivity contribution in [1.82, 2.24) is 4.98 Å². The van der Waals surface area contributed by atoms with Crippen molar-refractivity contribution in [2.24, 2.45) is 5.73 Å². The van der Waals surface area contributed by atoms with E-state index in [1.54, 1.807) is 6.07 Å². The van der Waals surface area contributed by atoms with Crippen LogP contribution in [0.4, 0.5) is 17.6 Å². The minimum atomic E-state index is -5.15. The van der Waals surface area contributed by atoms with Crippen molar-refractivity contribution in [3.63, 3.8) is 0 Å². The number of halogens is 4. The van der Waals surface area contributed by atoms with Crippen LogP contribution in [0.25, 0.3) is 11.3 Å². The molecule has 1 fully saturated rings. The summed E-state index contributed by atoms with van der Waals surface area (Å²) in [5.74, 6) is -0.346. The number of benzene rings is 2. The Morgan fingerprint density at radius 2 is 1.84 bits per heavy atom. The van der Waals surface area contributed by atoms with Gasteiger partial charge in [0.25, 0.3) is 0 Å². The van der Waals surface area contributed by atoms with Crippen LogP contribution in [0, 0.1) is 12.7 Å². The zero-order chi connectivity index (χ0) is 27.7. The average molecular weight is 533 g/mol. The second kappa shape index (κ2) is 10.7. The molecule has 0 saturated heterocycles. The molecule has 1 saturated carbocycles. The first-order valence-corrected chi connectivity index (χ1v) is 12.1. The molecule has 4 rings (SSSR count). The SMILES string of the molecule is COc1cc(C(=O)CCC(O)(c2cc(CN)cc(-c3ccc(F)c(C)c3)n2)C(F)(F)F)ccc1OC1CC1. The third kappa shape index (κ3) is 5.81. The second-order valence-corrected chi connectivity index (χ2v) is 9.38. The lowest BCUT2D eigenvalue weighted by Gasteiger charge is -2.30. The second-order valence-electron chi connectivity index (χ2n) is 9.38. The molecular formula is C28H28F4N2O4.